The summed E-state index contributed by atoms with van der Waals surface area (Å²) in [5.74, 6) is -1.20. The van der Waals surface area contributed by atoms with Gasteiger partial charge in [0, 0.05) is 17.6 Å². The first-order chi connectivity index (χ1) is 7.99. The minimum absolute atomic E-state index is 0.00635. The number of hydrogen-bond donors (Lipinski definition) is 2. The number of aliphatic carboxylic acids is 1. The van der Waals surface area contributed by atoms with E-state index in [9.17, 15) is 9.59 Å². The van der Waals surface area contributed by atoms with E-state index in [0.717, 1.165) is 0 Å². The van der Waals surface area contributed by atoms with Crippen molar-refractivity contribution in [1.29, 1.82) is 0 Å². The molecule has 0 aliphatic heterocycles. The van der Waals surface area contributed by atoms with Gasteiger partial charge in [0.25, 0.3) is 0 Å². The normalized spacial score (nSPS) is 10.8. The lowest BCUT2D eigenvalue weighted by atomic mass is 10.3. The molecule has 0 atom stereocenters. The van der Waals surface area contributed by atoms with E-state index in [0.29, 0.717) is 5.13 Å². The molecule has 0 aromatic carbocycles. The number of carbonyl (C=O) groups is 2. The van der Waals surface area contributed by atoms with Crippen LogP contribution in [0.15, 0.2) is 11.6 Å². The number of hydrogen-bond acceptors (Lipinski definition) is 5. The van der Waals surface area contributed by atoms with Crippen molar-refractivity contribution in [2.45, 2.75) is 19.9 Å². The van der Waals surface area contributed by atoms with E-state index in [1.54, 1.807) is 16.5 Å². The van der Waals surface area contributed by atoms with Gasteiger partial charge in [0.15, 0.2) is 5.13 Å². The van der Waals surface area contributed by atoms with Gasteiger partial charge in [-0.25, -0.2) is 4.98 Å². The molecule has 0 radical (unpaired) electrons. The molecule has 0 fully saturated rings. The summed E-state index contributed by atoms with van der Waals surface area (Å²) >= 11 is 1.32. The van der Waals surface area contributed by atoms with E-state index < -0.39 is 5.97 Å². The Bertz CT molecular complexity index is 378. The van der Waals surface area contributed by atoms with Gasteiger partial charge in [-0.15, -0.1) is 11.3 Å². The summed E-state index contributed by atoms with van der Waals surface area (Å²) in [6.45, 7) is 3.59. The van der Waals surface area contributed by atoms with Gasteiger partial charge < -0.3 is 10.4 Å². The highest BCUT2D eigenvalue weighted by Gasteiger charge is 2.17. The molecule has 1 rings (SSSR count). The van der Waals surface area contributed by atoms with Crippen LogP contribution in [-0.2, 0) is 9.59 Å². The second kappa shape index (κ2) is 6.31. The van der Waals surface area contributed by atoms with Crippen molar-refractivity contribution in [2.75, 3.05) is 18.4 Å². The number of amides is 1. The Kier molecular flexibility index (Phi) is 5.05. The second-order valence-electron chi connectivity index (χ2n) is 3.78. The number of carboxylic acid groups (broad SMARTS) is 1. The number of carboxylic acids is 1. The monoisotopic (exact) mass is 257 g/mol. The first-order valence-corrected chi connectivity index (χ1v) is 6.02. The minimum atomic E-state index is -0.944. The molecule has 7 heteroatoms. The Balaban J connectivity index is 2.49. The van der Waals surface area contributed by atoms with E-state index in [1.165, 1.54) is 11.3 Å². The van der Waals surface area contributed by atoms with Crippen LogP contribution in [0.4, 0.5) is 5.13 Å². The van der Waals surface area contributed by atoms with E-state index >= 15 is 0 Å². The molecule has 0 spiro atoms. The Morgan fingerprint density at radius 1 is 1.53 bits per heavy atom. The fraction of sp³-hybridized carbons (Fsp3) is 0.500. The van der Waals surface area contributed by atoms with Crippen molar-refractivity contribution in [1.82, 2.24) is 9.88 Å². The van der Waals surface area contributed by atoms with Crippen LogP contribution in [-0.4, -0.2) is 46.0 Å². The van der Waals surface area contributed by atoms with Gasteiger partial charge in [-0.3, -0.25) is 14.5 Å². The summed E-state index contributed by atoms with van der Waals surface area (Å²) in [4.78, 5) is 27.8. The number of thiazole rings is 1. The molecule has 1 amide bonds. The van der Waals surface area contributed by atoms with Gasteiger partial charge in [0.05, 0.1) is 13.1 Å². The zero-order valence-corrected chi connectivity index (χ0v) is 10.5. The maximum atomic E-state index is 11.6. The Labute approximate surface area is 103 Å². The van der Waals surface area contributed by atoms with Crippen molar-refractivity contribution >= 4 is 28.3 Å². The van der Waals surface area contributed by atoms with Gasteiger partial charge in [-0.1, -0.05) is 0 Å². The van der Waals surface area contributed by atoms with E-state index in [-0.39, 0.29) is 25.0 Å². The zero-order chi connectivity index (χ0) is 12.8. The van der Waals surface area contributed by atoms with Crippen LogP contribution in [0.1, 0.15) is 13.8 Å². The third-order valence-corrected chi connectivity index (χ3v) is 2.78. The highest BCUT2D eigenvalue weighted by atomic mass is 32.1. The lowest BCUT2D eigenvalue weighted by molar-refractivity contribution is -0.139. The van der Waals surface area contributed by atoms with E-state index in [2.05, 4.69) is 10.3 Å². The van der Waals surface area contributed by atoms with Crippen LogP contribution >= 0.6 is 11.3 Å². The Hall–Kier alpha value is -1.47. The van der Waals surface area contributed by atoms with E-state index in [4.69, 9.17) is 5.11 Å². The maximum absolute atomic E-state index is 11.6. The number of anilines is 1. The Morgan fingerprint density at radius 2 is 2.24 bits per heavy atom. The maximum Gasteiger partial charge on any atom is 0.317 e. The molecule has 1 aromatic heterocycles. The molecule has 0 aliphatic rings. The topological polar surface area (TPSA) is 82.5 Å². The highest BCUT2D eigenvalue weighted by Crippen LogP contribution is 2.10. The van der Waals surface area contributed by atoms with Crippen LogP contribution in [0.2, 0.25) is 0 Å². The standard InChI is InChI=1S/C10H15N3O3S/c1-7(2)13(6-9(15)16)5-8(14)12-10-11-3-4-17-10/h3-4,7H,5-6H2,1-2H3,(H,15,16)(H,11,12,14). The predicted octanol–water partition coefficient (Wildman–Crippen LogP) is 0.877. The number of nitrogens with one attached hydrogen (secondary N) is 1. The summed E-state index contributed by atoms with van der Waals surface area (Å²) < 4.78 is 0. The van der Waals surface area contributed by atoms with Gasteiger partial charge in [-0.2, -0.15) is 0 Å². The molecular formula is C10H15N3O3S. The summed E-state index contributed by atoms with van der Waals surface area (Å²) in [5, 5.41) is 13.6. The summed E-state index contributed by atoms with van der Waals surface area (Å²) in [6.07, 6.45) is 1.59. The van der Waals surface area contributed by atoms with Crippen molar-refractivity contribution in [3.63, 3.8) is 0 Å². The average molecular weight is 257 g/mol. The number of nitrogens with zero attached hydrogens (tertiary/aromatic N) is 2. The van der Waals surface area contributed by atoms with Crippen molar-refractivity contribution in [3.05, 3.63) is 11.6 Å². The van der Waals surface area contributed by atoms with Gasteiger partial charge in [-0.05, 0) is 13.8 Å². The molecule has 6 nitrogen and oxygen atoms in total. The zero-order valence-electron chi connectivity index (χ0n) is 9.71. The smallest absolute Gasteiger partial charge is 0.317 e. The molecule has 0 aliphatic carbocycles. The number of carbonyl (C=O) groups excluding carboxylic acids is 1. The van der Waals surface area contributed by atoms with Crippen LogP contribution in [0.5, 0.6) is 0 Å². The molecule has 1 aromatic rings. The fourth-order valence-corrected chi connectivity index (χ4v) is 1.77. The first-order valence-electron chi connectivity index (χ1n) is 5.14. The quantitative estimate of drug-likeness (QED) is 0.790. The van der Waals surface area contributed by atoms with Gasteiger partial charge in [0.1, 0.15) is 0 Å². The SMILES string of the molecule is CC(C)N(CC(=O)O)CC(=O)Nc1nccs1. The molecule has 0 unspecified atom stereocenters. The third kappa shape index (κ3) is 4.92. The Morgan fingerprint density at radius 3 is 2.71 bits per heavy atom. The fourth-order valence-electron chi connectivity index (χ4n) is 1.22. The van der Waals surface area contributed by atoms with Gasteiger partial charge >= 0.3 is 5.97 Å². The van der Waals surface area contributed by atoms with Crippen molar-refractivity contribution in [2.24, 2.45) is 0 Å². The molecule has 0 saturated heterocycles. The second-order valence-corrected chi connectivity index (χ2v) is 4.67. The van der Waals surface area contributed by atoms with E-state index in [1.807, 2.05) is 13.8 Å². The lowest BCUT2D eigenvalue weighted by Gasteiger charge is -2.23. The van der Waals surface area contributed by atoms with Crippen LogP contribution in [0.25, 0.3) is 0 Å². The van der Waals surface area contributed by atoms with Crippen molar-refractivity contribution in [3.8, 4) is 0 Å². The molecule has 17 heavy (non-hydrogen) atoms. The lowest BCUT2D eigenvalue weighted by Crippen LogP contribution is -2.41. The molecule has 0 bridgehead atoms. The summed E-state index contributed by atoms with van der Waals surface area (Å²) in [5.41, 5.74) is 0. The molecular weight excluding hydrogens is 242 g/mol. The van der Waals surface area contributed by atoms with Crippen molar-refractivity contribution < 1.29 is 14.7 Å². The molecule has 2 N–H and O–H groups in total. The molecule has 94 valence electrons. The molecule has 1 heterocycles. The first kappa shape index (κ1) is 13.6. The summed E-state index contributed by atoms with van der Waals surface area (Å²) in [6, 6.07) is -0.00635. The molecule has 0 saturated carbocycles. The predicted molar refractivity (Wildman–Crippen MR) is 65.1 cm³/mol. The summed E-state index contributed by atoms with van der Waals surface area (Å²) in [7, 11) is 0. The number of aromatic nitrogens is 1. The number of rotatable bonds is 6. The van der Waals surface area contributed by atoms with Crippen LogP contribution in [0, 0.1) is 0 Å². The largest absolute Gasteiger partial charge is 0.480 e. The average Bonchev–Trinajstić information content (AvgIpc) is 2.68. The van der Waals surface area contributed by atoms with Crippen LogP contribution < -0.4 is 5.32 Å². The van der Waals surface area contributed by atoms with Crippen LogP contribution in [0.3, 0.4) is 0 Å². The highest BCUT2D eigenvalue weighted by molar-refractivity contribution is 7.13. The third-order valence-electron chi connectivity index (χ3n) is 2.09. The van der Waals surface area contributed by atoms with Gasteiger partial charge in [0.2, 0.25) is 5.91 Å². The minimum Gasteiger partial charge on any atom is -0.480 e.